The van der Waals surface area contributed by atoms with Gasteiger partial charge in [-0.05, 0) is 24.0 Å². The summed E-state index contributed by atoms with van der Waals surface area (Å²) in [6, 6.07) is 10.6. The van der Waals surface area contributed by atoms with E-state index in [1.165, 1.54) is 11.3 Å². The van der Waals surface area contributed by atoms with E-state index in [4.69, 9.17) is 11.0 Å². The largest absolute Gasteiger partial charge is 0.370 e. The van der Waals surface area contributed by atoms with Crippen LogP contribution in [0.1, 0.15) is 45.2 Å². The van der Waals surface area contributed by atoms with E-state index in [1.807, 2.05) is 12.1 Å². The second-order valence-corrected chi connectivity index (χ2v) is 5.32. The van der Waals surface area contributed by atoms with E-state index >= 15 is 0 Å². The lowest BCUT2D eigenvalue weighted by Gasteiger charge is -2.29. The first-order valence-electron chi connectivity index (χ1n) is 7.06. The molecule has 1 aromatic carbocycles. The Morgan fingerprint density at radius 3 is 2.58 bits per heavy atom. The smallest absolute Gasteiger partial charge is 0.0640 e. The average Bonchev–Trinajstić information content (AvgIpc) is 2.42. The fourth-order valence-corrected chi connectivity index (χ4v) is 2.24. The Balaban J connectivity index is 3.03. The van der Waals surface area contributed by atoms with E-state index in [0.717, 1.165) is 19.5 Å². The number of rotatable bonds is 7. The summed E-state index contributed by atoms with van der Waals surface area (Å²) in [6.07, 6.45) is 1.47. The van der Waals surface area contributed by atoms with Crippen LogP contribution >= 0.6 is 0 Å². The molecule has 104 valence electrons. The summed E-state index contributed by atoms with van der Waals surface area (Å²) in [6.45, 7) is 8.21. The summed E-state index contributed by atoms with van der Waals surface area (Å²) in [5.74, 6) is 0.560. The van der Waals surface area contributed by atoms with Gasteiger partial charge in [-0.2, -0.15) is 5.26 Å². The minimum absolute atomic E-state index is 0.0629. The van der Waals surface area contributed by atoms with E-state index < -0.39 is 0 Å². The third-order valence-corrected chi connectivity index (χ3v) is 3.20. The molecule has 0 aliphatic carbocycles. The minimum atomic E-state index is 0.0629. The molecule has 0 spiro atoms. The Kier molecular flexibility index (Phi) is 6.38. The van der Waals surface area contributed by atoms with Gasteiger partial charge in [0.2, 0.25) is 0 Å². The van der Waals surface area contributed by atoms with Gasteiger partial charge in [0.15, 0.2) is 0 Å². The van der Waals surface area contributed by atoms with E-state index in [9.17, 15) is 0 Å². The maximum absolute atomic E-state index is 8.82. The monoisotopic (exact) mass is 259 g/mol. The molecule has 0 fully saturated rings. The molecule has 0 saturated heterocycles. The van der Waals surface area contributed by atoms with Gasteiger partial charge in [0.25, 0.3) is 0 Å². The Morgan fingerprint density at radius 1 is 1.32 bits per heavy atom. The predicted molar refractivity (Wildman–Crippen MR) is 80.9 cm³/mol. The molecule has 0 heterocycles. The van der Waals surface area contributed by atoms with Gasteiger partial charge in [-0.25, -0.2) is 0 Å². The molecule has 1 rings (SSSR count). The van der Waals surface area contributed by atoms with Crippen LogP contribution in [0.25, 0.3) is 0 Å². The van der Waals surface area contributed by atoms with Crippen LogP contribution in [0.2, 0.25) is 0 Å². The van der Waals surface area contributed by atoms with Crippen molar-refractivity contribution in [3.05, 3.63) is 29.8 Å². The summed E-state index contributed by atoms with van der Waals surface area (Å²) < 4.78 is 0. The Bertz CT molecular complexity index is 420. The standard InChI is InChI=1S/C16H25N3/c1-4-15(18)14-8-5-6-9-16(14)19(11-7-10-17)12-13(2)3/h5-6,8-9,13,15H,4,7,11-12,18H2,1-3H3. The summed E-state index contributed by atoms with van der Waals surface area (Å²) >= 11 is 0. The van der Waals surface area contributed by atoms with Gasteiger partial charge in [-0.15, -0.1) is 0 Å². The van der Waals surface area contributed by atoms with Gasteiger partial charge in [0.05, 0.1) is 12.5 Å². The summed E-state index contributed by atoms with van der Waals surface area (Å²) in [7, 11) is 0. The lowest BCUT2D eigenvalue weighted by atomic mass is 10.0. The van der Waals surface area contributed by atoms with E-state index in [-0.39, 0.29) is 6.04 Å². The zero-order valence-electron chi connectivity index (χ0n) is 12.3. The molecule has 0 amide bonds. The van der Waals surface area contributed by atoms with Crippen LogP contribution < -0.4 is 10.6 Å². The van der Waals surface area contributed by atoms with Crippen molar-refractivity contribution in [1.82, 2.24) is 0 Å². The summed E-state index contributed by atoms with van der Waals surface area (Å²) in [5, 5.41) is 8.82. The van der Waals surface area contributed by atoms with Crippen LogP contribution in [-0.2, 0) is 0 Å². The fraction of sp³-hybridized carbons (Fsp3) is 0.562. The quantitative estimate of drug-likeness (QED) is 0.815. The molecule has 2 N–H and O–H groups in total. The Labute approximate surface area is 117 Å². The lowest BCUT2D eigenvalue weighted by molar-refractivity contribution is 0.605. The van der Waals surface area contributed by atoms with Gasteiger partial charge in [-0.1, -0.05) is 39.0 Å². The molecule has 0 bridgehead atoms. The number of benzene rings is 1. The molecule has 3 nitrogen and oxygen atoms in total. The van der Waals surface area contributed by atoms with Crippen LogP contribution in [0.5, 0.6) is 0 Å². The van der Waals surface area contributed by atoms with Crippen molar-refractivity contribution >= 4 is 5.69 Å². The molecule has 3 heteroatoms. The molecule has 1 atom stereocenters. The van der Waals surface area contributed by atoms with E-state index in [2.05, 4.69) is 43.9 Å². The highest BCUT2D eigenvalue weighted by Gasteiger charge is 2.15. The van der Waals surface area contributed by atoms with Gasteiger partial charge < -0.3 is 10.6 Å². The van der Waals surface area contributed by atoms with E-state index in [0.29, 0.717) is 12.3 Å². The highest BCUT2D eigenvalue weighted by Crippen LogP contribution is 2.27. The Morgan fingerprint density at radius 2 is 2.00 bits per heavy atom. The molecule has 0 saturated carbocycles. The minimum Gasteiger partial charge on any atom is -0.370 e. The van der Waals surface area contributed by atoms with E-state index in [1.54, 1.807) is 0 Å². The van der Waals surface area contributed by atoms with Crippen LogP contribution in [0.3, 0.4) is 0 Å². The molecule has 1 unspecified atom stereocenters. The molecular weight excluding hydrogens is 234 g/mol. The SMILES string of the molecule is CCC(N)c1ccccc1N(CCC#N)CC(C)C. The summed E-state index contributed by atoms with van der Waals surface area (Å²) in [5.41, 5.74) is 8.57. The summed E-state index contributed by atoms with van der Waals surface area (Å²) in [4.78, 5) is 2.29. The number of anilines is 1. The zero-order chi connectivity index (χ0) is 14.3. The maximum atomic E-state index is 8.82. The van der Waals surface area contributed by atoms with Crippen molar-refractivity contribution in [1.29, 1.82) is 5.26 Å². The van der Waals surface area contributed by atoms with Crippen molar-refractivity contribution in [2.75, 3.05) is 18.0 Å². The topological polar surface area (TPSA) is 53.0 Å². The van der Waals surface area contributed by atoms with Gasteiger partial charge in [-0.3, -0.25) is 0 Å². The predicted octanol–water partition coefficient (Wildman–Crippen LogP) is 3.47. The second-order valence-electron chi connectivity index (χ2n) is 5.32. The van der Waals surface area contributed by atoms with Crippen LogP contribution in [0.15, 0.2) is 24.3 Å². The van der Waals surface area contributed by atoms with Crippen molar-refractivity contribution in [2.24, 2.45) is 11.7 Å². The van der Waals surface area contributed by atoms with Crippen molar-refractivity contribution in [2.45, 2.75) is 39.7 Å². The van der Waals surface area contributed by atoms with Gasteiger partial charge >= 0.3 is 0 Å². The van der Waals surface area contributed by atoms with Crippen molar-refractivity contribution in [3.63, 3.8) is 0 Å². The molecule has 0 aliphatic rings. The first-order chi connectivity index (χ1) is 9.10. The molecule has 0 aromatic heterocycles. The first-order valence-corrected chi connectivity index (χ1v) is 7.06. The number of hydrogen-bond donors (Lipinski definition) is 1. The molecule has 0 aliphatic heterocycles. The highest BCUT2D eigenvalue weighted by molar-refractivity contribution is 5.55. The molecular formula is C16H25N3. The number of nitrogens with zero attached hydrogens (tertiary/aromatic N) is 2. The fourth-order valence-electron chi connectivity index (χ4n) is 2.24. The van der Waals surface area contributed by atoms with Crippen LogP contribution in [-0.4, -0.2) is 13.1 Å². The lowest BCUT2D eigenvalue weighted by Crippen LogP contribution is -2.30. The third kappa shape index (κ3) is 4.57. The Hall–Kier alpha value is -1.53. The highest BCUT2D eigenvalue weighted by atomic mass is 15.1. The van der Waals surface area contributed by atoms with Gasteiger partial charge in [0, 0.05) is 24.8 Å². The zero-order valence-corrected chi connectivity index (χ0v) is 12.3. The van der Waals surface area contributed by atoms with Crippen LogP contribution in [0.4, 0.5) is 5.69 Å². The normalized spacial score (nSPS) is 12.2. The first kappa shape index (κ1) is 15.5. The molecule has 0 radical (unpaired) electrons. The molecule has 1 aromatic rings. The number of nitriles is 1. The van der Waals surface area contributed by atoms with Crippen molar-refractivity contribution in [3.8, 4) is 6.07 Å². The molecule has 19 heavy (non-hydrogen) atoms. The average molecular weight is 259 g/mol. The third-order valence-electron chi connectivity index (χ3n) is 3.20. The number of nitrogens with two attached hydrogens (primary N) is 1. The van der Waals surface area contributed by atoms with Gasteiger partial charge in [0.1, 0.15) is 0 Å². The maximum Gasteiger partial charge on any atom is 0.0640 e. The van der Waals surface area contributed by atoms with Crippen molar-refractivity contribution < 1.29 is 0 Å². The van der Waals surface area contributed by atoms with Crippen LogP contribution in [0, 0.1) is 17.2 Å². The number of para-hydroxylation sites is 1. The number of hydrogen-bond acceptors (Lipinski definition) is 3. The second kappa shape index (κ2) is 7.81.